The zero-order valence-electron chi connectivity index (χ0n) is 10.7. The van der Waals surface area contributed by atoms with Crippen molar-refractivity contribution in [3.63, 3.8) is 0 Å². The summed E-state index contributed by atoms with van der Waals surface area (Å²) in [4.78, 5) is 36.8. The summed E-state index contributed by atoms with van der Waals surface area (Å²) < 4.78 is 0. The molecular weight excluding hydrogens is 280 g/mol. The van der Waals surface area contributed by atoms with Crippen LogP contribution in [0.1, 0.15) is 29.6 Å². The average Bonchev–Trinajstić information content (AvgIpc) is 3.18. The summed E-state index contributed by atoms with van der Waals surface area (Å²) in [5.74, 6) is -1.29. The number of carbonyl (C=O) groups excluding carboxylic acids is 3. The molecule has 0 unspecified atom stereocenters. The summed E-state index contributed by atoms with van der Waals surface area (Å²) in [5.41, 5.74) is 0.730. The van der Waals surface area contributed by atoms with Crippen molar-refractivity contribution in [3.8, 4) is 0 Å². The number of anilines is 1. The molecule has 0 bridgehead atoms. The molecule has 0 atom stereocenters. The quantitative estimate of drug-likeness (QED) is 0.856. The topological polar surface area (TPSA) is 66.5 Å². The van der Waals surface area contributed by atoms with E-state index in [1.165, 1.54) is 4.90 Å². The first-order chi connectivity index (χ1) is 9.58. The normalized spacial score (nSPS) is 17.4. The molecule has 20 heavy (non-hydrogen) atoms. The Kier molecular flexibility index (Phi) is 3.22. The third kappa shape index (κ3) is 2.29. The molecule has 5 nitrogen and oxygen atoms in total. The van der Waals surface area contributed by atoms with Gasteiger partial charge in [0, 0.05) is 19.0 Å². The fourth-order valence-corrected chi connectivity index (χ4v) is 2.54. The molecule has 0 radical (unpaired) electrons. The third-order valence-corrected chi connectivity index (χ3v) is 3.75. The molecule has 6 heteroatoms. The molecule has 3 rings (SSSR count). The smallest absolute Gasteiger partial charge is 0.299 e. The summed E-state index contributed by atoms with van der Waals surface area (Å²) in [6.07, 6.45) is 2.20. The van der Waals surface area contributed by atoms with E-state index in [1.54, 1.807) is 18.2 Å². The van der Waals surface area contributed by atoms with Crippen LogP contribution in [0.2, 0.25) is 5.02 Å². The standard InChI is InChI=1S/C14H13ClN2O3/c15-10-3-1-2-9-12(10)17(14(20)13(9)19)7-6-11(18)16-8-4-5-8/h1-3,8H,4-7H2,(H,16,18). The van der Waals surface area contributed by atoms with Gasteiger partial charge in [0.1, 0.15) is 0 Å². The number of nitrogens with zero attached hydrogens (tertiary/aromatic N) is 1. The first-order valence-electron chi connectivity index (χ1n) is 6.52. The molecule has 0 aromatic heterocycles. The molecule has 1 aromatic carbocycles. The lowest BCUT2D eigenvalue weighted by atomic mass is 10.1. The molecule has 1 fully saturated rings. The number of fused-ring (bicyclic) bond motifs is 1. The summed E-state index contributed by atoms with van der Waals surface area (Å²) >= 11 is 6.06. The predicted octanol–water partition coefficient (Wildman–Crippen LogP) is 1.54. The Bertz CT molecular complexity index is 610. The second-order valence-corrected chi connectivity index (χ2v) is 5.42. The minimum Gasteiger partial charge on any atom is -0.353 e. The van der Waals surface area contributed by atoms with Crippen LogP contribution in [-0.4, -0.2) is 30.2 Å². The van der Waals surface area contributed by atoms with Crippen molar-refractivity contribution in [1.29, 1.82) is 0 Å². The zero-order valence-corrected chi connectivity index (χ0v) is 11.4. The Balaban J connectivity index is 1.75. The lowest BCUT2D eigenvalue weighted by Crippen LogP contribution is -2.35. The molecule has 1 N–H and O–H groups in total. The number of carbonyl (C=O) groups is 3. The van der Waals surface area contributed by atoms with Gasteiger partial charge in [-0.15, -0.1) is 0 Å². The molecule has 1 heterocycles. The van der Waals surface area contributed by atoms with E-state index in [9.17, 15) is 14.4 Å². The molecular formula is C14H13ClN2O3. The Morgan fingerprint density at radius 3 is 2.80 bits per heavy atom. The highest BCUT2D eigenvalue weighted by Gasteiger charge is 2.37. The first-order valence-corrected chi connectivity index (χ1v) is 6.90. The Labute approximate surface area is 120 Å². The number of hydrogen-bond acceptors (Lipinski definition) is 3. The molecule has 0 spiro atoms. The van der Waals surface area contributed by atoms with Crippen LogP contribution in [0.4, 0.5) is 5.69 Å². The van der Waals surface area contributed by atoms with E-state index in [1.807, 2.05) is 0 Å². The van der Waals surface area contributed by atoms with Gasteiger partial charge in [-0.3, -0.25) is 14.4 Å². The van der Waals surface area contributed by atoms with E-state index in [-0.39, 0.29) is 24.9 Å². The summed E-state index contributed by atoms with van der Waals surface area (Å²) in [6, 6.07) is 5.12. The third-order valence-electron chi connectivity index (χ3n) is 3.45. The zero-order chi connectivity index (χ0) is 14.3. The number of nitrogens with one attached hydrogen (secondary N) is 1. The Hall–Kier alpha value is -1.88. The molecule has 104 valence electrons. The van der Waals surface area contributed by atoms with Crippen LogP contribution >= 0.6 is 11.6 Å². The van der Waals surface area contributed by atoms with Crippen LogP contribution in [-0.2, 0) is 9.59 Å². The van der Waals surface area contributed by atoms with Crippen LogP contribution in [0.25, 0.3) is 0 Å². The number of ketones is 1. The van der Waals surface area contributed by atoms with Crippen molar-refractivity contribution in [1.82, 2.24) is 5.32 Å². The van der Waals surface area contributed by atoms with Crippen molar-refractivity contribution < 1.29 is 14.4 Å². The second-order valence-electron chi connectivity index (χ2n) is 5.01. The molecule has 1 aromatic rings. The number of amides is 2. The van der Waals surface area contributed by atoms with Crippen LogP contribution in [0, 0.1) is 0 Å². The van der Waals surface area contributed by atoms with E-state index in [2.05, 4.69) is 5.32 Å². The highest BCUT2D eigenvalue weighted by atomic mass is 35.5. The minimum atomic E-state index is -0.618. The number of rotatable bonds is 4. The van der Waals surface area contributed by atoms with E-state index in [0.29, 0.717) is 16.3 Å². The lowest BCUT2D eigenvalue weighted by Gasteiger charge is -2.17. The largest absolute Gasteiger partial charge is 0.353 e. The predicted molar refractivity (Wildman–Crippen MR) is 73.9 cm³/mol. The highest BCUT2D eigenvalue weighted by Crippen LogP contribution is 2.35. The van der Waals surface area contributed by atoms with Gasteiger partial charge in [0.15, 0.2) is 0 Å². The molecule has 1 saturated carbocycles. The maximum absolute atomic E-state index is 11.9. The van der Waals surface area contributed by atoms with E-state index >= 15 is 0 Å². The van der Waals surface area contributed by atoms with Crippen LogP contribution in [0.15, 0.2) is 18.2 Å². The Morgan fingerprint density at radius 2 is 2.10 bits per heavy atom. The van der Waals surface area contributed by atoms with Gasteiger partial charge in [-0.05, 0) is 25.0 Å². The Morgan fingerprint density at radius 1 is 1.35 bits per heavy atom. The lowest BCUT2D eigenvalue weighted by molar-refractivity contribution is -0.121. The van der Waals surface area contributed by atoms with Crippen LogP contribution in [0.3, 0.4) is 0 Å². The van der Waals surface area contributed by atoms with E-state index in [0.717, 1.165) is 12.8 Å². The summed E-state index contributed by atoms with van der Waals surface area (Å²) in [6.45, 7) is 0.167. The average molecular weight is 293 g/mol. The minimum absolute atomic E-state index is 0.103. The molecule has 1 aliphatic carbocycles. The molecule has 0 saturated heterocycles. The van der Waals surface area contributed by atoms with Gasteiger partial charge in [0.05, 0.1) is 16.3 Å². The maximum atomic E-state index is 11.9. The van der Waals surface area contributed by atoms with Gasteiger partial charge in [-0.2, -0.15) is 0 Å². The molecule has 2 aliphatic rings. The van der Waals surface area contributed by atoms with Crippen molar-refractivity contribution >= 4 is 34.9 Å². The number of halogens is 1. The number of Topliss-reactive ketones (excluding diaryl/α,β-unsaturated/α-hetero) is 1. The van der Waals surface area contributed by atoms with Crippen molar-refractivity contribution in [3.05, 3.63) is 28.8 Å². The highest BCUT2D eigenvalue weighted by molar-refractivity contribution is 6.54. The fraction of sp³-hybridized carbons (Fsp3) is 0.357. The second kappa shape index (κ2) is 4.90. The summed E-state index contributed by atoms with van der Waals surface area (Å²) in [5, 5.41) is 3.20. The number of para-hydroxylation sites is 1. The number of benzene rings is 1. The van der Waals surface area contributed by atoms with E-state index in [4.69, 9.17) is 11.6 Å². The molecule has 2 amide bonds. The van der Waals surface area contributed by atoms with Gasteiger partial charge in [0.25, 0.3) is 11.7 Å². The molecule has 1 aliphatic heterocycles. The van der Waals surface area contributed by atoms with E-state index < -0.39 is 11.7 Å². The van der Waals surface area contributed by atoms with Gasteiger partial charge >= 0.3 is 0 Å². The van der Waals surface area contributed by atoms with Gasteiger partial charge < -0.3 is 10.2 Å². The van der Waals surface area contributed by atoms with Crippen LogP contribution < -0.4 is 10.2 Å². The first kappa shape index (κ1) is 13.1. The summed E-state index contributed by atoms with van der Waals surface area (Å²) in [7, 11) is 0. The van der Waals surface area contributed by atoms with Crippen molar-refractivity contribution in [2.45, 2.75) is 25.3 Å². The van der Waals surface area contributed by atoms with Crippen molar-refractivity contribution in [2.24, 2.45) is 0 Å². The van der Waals surface area contributed by atoms with Gasteiger partial charge in [0.2, 0.25) is 5.91 Å². The number of hydrogen-bond donors (Lipinski definition) is 1. The monoisotopic (exact) mass is 292 g/mol. The van der Waals surface area contributed by atoms with Crippen LogP contribution in [0.5, 0.6) is 0 Å². The fourth-order valence-electron chi connectivity index (χ4n) is 2.27. The maximum Gasteiger partial charge on any atom is 0.299 e. The van der Waals surface area contributed by atoms with Gasteiger partial charge in [-0.1, -0.05) is 17.7 Å². The van der Waals surface area contributed by atoms with Crippen molar-refractivity contribution in [2.75, 3.05) is 11.4 Å². The SMILES string of the molecule is O=C(CCN1C(=O)C(=O)c2cccc(Cl)c21)NC1CC1. The van der Waals surface area contributed by atoms with Gasteiger partial charge in [-0.25, -0.2) is 0 Å².